The van der Waals surface area contributed by atoms with Crippen LogP contribution in [0.5, 0.6) is 5.75 Å². The van der Waals surface area contributed by atoms with Crippen molar-refractivity contribution in [2.24, 2.45) is 0 Å². The fourth-order valence-corrected chi connectivity index (χ4v) is 2.07. The minimum atomic E-state index is -0.397. The van der Waals surface area contributed by atoms with Crippen LogP contribution in [0, 0.1) is 10.1 Å². The summed E-state index contributed by atoms with van der Waals surface area (Å²) < 4.78 is 10.9. The Hall–Kier alpha value is -1.66. The lowest BCUT2D eigenvalue weighted by Crippen LogP contribution is -2.35. The van der Waals surface area contributed by atoms with Gasteiger partial charge in [0, 0.05) is 24.6 Å². The Balaban J connectivity index is 2.12. The molecule has 0 saturated carbocycles. The Morgan fingerprint density at radius 3 is 2.81 bits per heavy atom. The van der Waals surface area contributed by atoms with Gasteiger partial charge in [0.15, 0.2) is 5.75 Å². The molecule has 0 radical (unpaired) electrons. The van der Waals surface area contributed by atoms with Crippen LogP contribution in [0.25, 0.3) is 0 Å². The Morgan fingerprint density at radius 1 is 1.48 bits per heavy atom. The predicted octanol–water partition coefficient (Wildman–Crippen LogP) is 2.65. The van der Waals surface area contributed by atoms with E-state index in [2.05, 4.69) is 26.1 Å². The van der Waals surface area contributed by atoms with Gasteiger partial charge in [-0.15, -0.1) is 0 Å². The molecule has 0 amide bonds. The van der Waals surface area contributed by atoms with Crippen molar-refractivity contribution in [3.8, 4) is 5.75 Å². The Bertz CT molecular complexity index is 505. The molecule has 6 heteroatoms. The fourth-order valence-electron chi connectivity index (χ4n) is 2.07. The van der Waals surface area contributed by atoms with E-state index in [1.54, 1.807) is 12.1 Å². The molecule has 0 bridgehead atoms. The second-order valence-electron chi connectivity index (χ2n) is 6.27. The van der Waals surface area contributed by atoms with Gasteiger partial charge in [-0.25, -0.2) is 0 Å². The number of nitro benzene ring substituents is 1. The Labute approximate surface area is 124 Å². The van der Waals surface area contributed by atoms with Gasteiger partial charge >= 0.3 is 5.69 Å². The Kier molecular flexibility index (Phi) is 4.80. The van der Waals surface area contributed by atoms with E-state index in [-0.39, 0.29) is 17.3 Å². The molecule has 0 aromatic heterocycles. The molecule has 1 fully saturated rings. The van der Waals surface area contributed by atoms with Crippen LogP contribution in [0.15, 0.2) is 18.2 Å². The van der Waals surface area contributed by atoms with E-state index in [0.717, 1.165) is 12.0 Å². The molecule has 21 heavy (non-hydrogen) atoms. The summed E-state index contributed by atoms with van der Waals surface area (Å²) in [7, 11) is 0. The van der Waals surface area contributed by atoms with Crippen molar-refractivity contribution < 1.29 is 14.4 Å². The molecule has 1 aliphatic rings. The number of nitrogens with one attached hydrogen (secondary N) is 1. The summed E-state index contributed by atoms with van der Waals surface area (Å²) in [6.07, 6.45) is 0.673. The van der Waals surface area contributed by atoms with E-state index in [4.69, 9.17) is 9.47 Å². The summed E-state index contributed by atoms with van der Waals surface area (Å²) in [6, 6.07) is 5.11. The topological polar surface area (TPSA) is 73.6 Å². The van der Waals surface area contributed by atoms with Crippen LogP contribution in [-0.2, 0) is 11.3 Å². The summed E-state index contributed by atoms with van der Waals surface area (Å²) >= 11 is 0. The molecule has 1 unspecified atom stereocenters. The zero-order valence-corrected chi connectivity index (χ0v) is 12.7. The van der Waals surface area contributed by atoms with Gasteiger partial charge in [-0.3, -0.25) is 10.1 Å². The van der Waals surface area contributed by atoms with E-state index in [1.165, 1.54) is 0 Å². The van der Waals surface area contributed by atoms with E-state index >= 15 is 0 Å². The molecule has 6 nitrogen and oxygen atoms in total. The van der Waals surface area contributed by atoms with Crippen LogP contribution in [-0.4, -0.2) is 29.8 Å². The van der Waals surface area contributed by atoms with Crippen molar-refractivity contribution in [2.45, 2.75) is 45.4 Å². The van der Waals surface area contributed by atoms with Crippen molar-refractivity contribution in [1.29, 1.82) is 0 Å². The number of rotatable bonds is 5. The largest absolute Gasteiger partial charge is 0.481 e. The average molecular weight is 294 g/mol. The van der Waals surface area contributed by atoms with Crippen LogP contribution >= 0.6 is 0 Å². The highest BCUT2D eigenvalue weighted by Gasteiger charge is 2.23. The summed E-state index contributed by atoms with van der Waals surface area (Å²) in [5.41, 5.74) is 0.840. The van der Waals surface area contributed by atoms with E-state index < -0.39 is 4.92 Å². The first-order chi connectivity index (χ1) is 9.85. The van der Waals surface area contributed by atoms with Gasteiger partial charge in [-0.2, -0.15) is 0 Å². The molecular formula is C15H22N2O4. The van der Waals surface area contributed by atoms with Gasteiger partial charge < -0.3 is 14.8 Å². The number of ether oxygens (including phenoxy) is 2. The van der Waals surface area contributed by atoms with E-state index in [9.17, 15) is 10.1 Å². The van der Waals surface area contributed by atoms with Gasteiger partial charge in [0.1, 0.15) is 6.10 Å². The second kappa shape index (κ2) is 6.41. The zero-order valence-electron chi connectivity index (χ0n) is 12.7. The normalized spacial score (nSPS) is 18.7. The fraction of sp³-hybridized carbons (Fsp3) is 0.600. The molecule has 1 aromatic rings. The van der Waals surface area contributed by atoms with Crippen molar-refractivity contribution in [1.82, 2.24) is 5.32 Å². The first kappa shape index (κ1) is 15.7. The molecule has 2 rings (SSSR count). The molecule has 116 valence electrons. The van der Waals surface area contributed by atoms with Crippen molar-refractivity contribution in [2.75, 3.05) is 13.2 Å². The predicted molar refractivity (Wildman–Crippen MR) is 79.5 cm³/mol. The standard InChI is InChI=1S/C15H22N2O4/c1-15(2,3)16-9-11-4-5-14(13(8-11)17(18)19)21-12-6-7-20-10-12/h4-5,8,12,16H,6-7,9-10H2,1-3H3. The van der Waals surface area contributed by atoms with Crippen LogP contribution < -0.4 is 10.1 Å². The summed E-state index contributed by atoms with van der Waals surface area (Å²) in [5, 5.41) is 14.5. The third-order valence-corrected chi connectivity index (χ3v) is 3.22. The molecule has 0 spiro atoms. The molecule has 1 atom stereocenters. The van der Waals surface area contributed by atoms with Crippen molar-refractivity contribution in [3.05, 3.63) is 33.9 Å². The first-order valence-corrected chi connectivity index (χ1v) is 7.12. The maximum Gasteiger partial charge on any atom is 0.311 e. The van der Waals surface area contributed by atoms with Crippen LogP contribution in [0.4, 0.5) is 5.69 Å². The second-order valence-corrected chi connectivity index (χ2v) is 6.27. The number of nitrogens with zero attached hydrogens (tertiary/aromatic N) is 1. The maximum atomic E-state index is 11.2. The average Bonchev–Trinajstić information content (AvgIpc) is 2.89. The van der Waals surface area contributed by atoms with Gasteiger partial charge in [-0.1, -0.05) is 6.07 Å². The third kappa shape index (κ3) is 4.68. The molecule has 0 aliphatic carbocycles. The lowest BCUT2D eigenvalue weighted by atomic mass is 10.1. The number of hydrogen-bond acceptors (Lipinski definition) is 5. The summed E-state index contributed by atoms with van der Waals surface area (Å²) in [6.45, 7) is 7.88. The van der Waals surface area contributed by atoms with Gasteiger partial charge in [-0.05, 0) is 32.4 Å². The number of hydrogen-bond donors (Lipinski definition) is 1. The quantitative estimate of drug-likeness (QED) is 0.667. The maximum absolute atomic E-state index is 11.2. The highest BCUT2D eigenvalue weighted by Crippen LogP contribution is 2.30. The molecule has 1 aliphatic heterocycles. The SMILES string of the molecule is CC(C)(C)NCc1ccc(OC2CCOC2)c([N+](=O)[O-])c1. The summed E-state index contributed by atoms with van der Waals surface area (Å²) in [4.78, 5) is 10.8. The minimum absolute atomic E-state index is 0.00936. The van der Waals surface area contributed by atoms with Crippen LogP contribution in [0.2, 0.25) is 0 Å². The number of nitro groups is 1. The van der Waals surface area contributed by atoms with Gasteiger partial charge in [0.05, 0.1) is 18.1 Å². The third-order valence-electron chi connectivity index (χ3n) is 3.22. The lowest BCUT2D eigenvalue weighted by Gasteiger charge is -2.20. The smallest absolute Gasteiger partial charge is 0.311 e. The summed E-state index contributed by atoms with van der Waals surface area (Å²) in [5.74, 6) is 0.315. The van der Waals surface area contributed by atoms with Crippen molar-refractivity contribution in [3.63, 3.8) is 0 Å². The van der Waals surface area contributed by atoms with E-state index in [0.29, 0.717) is 25.5 Å². The zero-order chi connectivity index (χ0) is 15.5. The van der Waals surface area contributed by atoms with Gasteiger partial charge in [0.25, 0.3) is 0 Å². The lowest BCUT2D eigenvalue weighted by molar-refractivity contribution is -0.386. The minimum Gasteiger partial charge on any atom is -0.481 e. The molecule has 1 aromatic carbocycles. The van der Waals surface area contributed by atoms with Crippen molar-refractivity contribution >= 4 is 5.69 Å². The Morgan fingerprint density at radius 2 is 2.24 bits per heavy atom. The highest BCUT2D eigenvalue weighted by atomic mass is 16.6. The van der Waals surface area contributed by atoms with Gasteiger partial charge in [0.2, 0.25) is 0 Å². The van der Waals surface area contributed by atoms with Crippen LogP contribution in [0.1, 0.15) is 32.8 Å². The van der Waals surface area contributed by atoms with E-state index in [1.807, 2.05) is 6.07 Å². The highest BCUT2D eigenvalue weighted by molar-refractivity contribution is 5.48. The molecule has 1 N–H and O–H groups in total. The molecular weight excluding hydrogens is 272 g/mol. The molecule has 1 saturated heterocycles. The first-order valence-electron chi connectivity index (χ1n) is 7.12. The number of benzene rings is 1. The van der Waals surface area contributed by atoms with Crippen LogP contribution in [0.3, 0.4) is 0 Å². The molecule has 1 heterocycles. The monoisotopic (exact) mass is 294 g/mol.